The number of aromatic nitrogens is 2. The van der Waals surface area contributed by atoms with Crippen LogP contribution in [0.5, 0.6) is 0 Å². The van der Waals surface area contributed by atoms with Gasteiger partial charge in [0.05, 0.1) is 16.8 Å². The van der Waals surface area contributed by atoms with E-state index in [2.05, 4.69) is 15.3 Å². The number of hydrogen-bond acceptors (Lipinski definition) is 5. The molecule has 4 rings (SSSR count). The largest absolute Gasteiger partial charge is 0.333 e. The predicted octanol–water partition coefficient (Wildman–Crippen LogP) is 1.84. The minimum Gasteiger partial charge on any atom is -0.333 e. The molecule has 7 nitrogen and oxygen atoms in total. The molecule has 0 atom stereocenters. The molecule has 2 aromatic rings. The summed E-state index contributed by atoms with van der Waals surface area (Å²) in [6.45, 7) is -0.0503. The van der Waals surface area contributed by atoms with Crippen LogP contribution in [0.25, 0.3) is 11.0 Å². The van der Waals surface area contributed by atoms with E-state index in [1.807, 2.05) is 24.3 Å². The number of hydrogen-bond donors (Lipinski definition) is 2. The number of benzene rings is 1. The number of imide groups is 1. The second-order valence-corrected chi connectivity index (χ2v) is 7.76. The summed E-state index contributed by atoms with van der Waals surface area (Å²) in [5, 5.41) is 3.08. The number of piperazine rings is 1. The predicted molar refractivity (Wildman–Crippen MR) is 97.5 cm³/mol. The summed E-state index contributed by atoms with van der Waals surface area (Å²) in [6, 6.07) is 7.67. The zero-order valence-electron chi connectivity index (χ0n) is 14.3. The Morgan fingerprint density at radius 2 is 1.96 bits per heavy atom. The molecule has 2 fully saturated rings. The number of amides is 3. The fraction of sp³-hybridized carbons (Fsp3) is 0.444. The maximum Gasteiger partial charge on any atom is 0.252 e. The van der Waals surface area contributed by atoms with Gasteiger partial charge in [-0.25, -0.2) is 4.98 Å². The van der Waals surface area contributed by atoms with Gasteiger partial charge in [0.15, 0.2) is 5.16 Å². The van der Waals surface area contributed by atoms with Gasteiger partial charge in [0.2, 0.25) is 11.8 Å². The Hall–Kier alpha value is -2.35. The molecule has 0 radical (unpaired) electrons. The molecule has 2 aliphatic rings. The molecule has 1 aliphatic heterocycles. The molecule has 3 amide bonds. The van der Waals surface area contributed by atoms with Crippen LogP contribution in [0, 0.1) is 0 Å². The average molecular weight is 372 g/mol. The number of carbonyl (C=O) groups is 3. The molecular formula is C18H20N4O3S. The van der Waals surface area contributed by atoms with Crippen LogP contribution < -0.4 is 5.32 Å². The van der Waals surface area contributed by atoms with Crippen molar-refractivity contribution in [3.05, 3.63) is 24.3 Å². The van der Waals surface area contributed by atoms with E-state index in [4.69, 9.17) is 0 Å². The van der Waals surface area contributed by atoms with Crippen molar-refractivity contribution >= 4 is 40.5 Å². The Morgan fingerprint density at radius 1 is 1.19 bits per heavy atom. The van der Waals surface area contributed by atoms with Gasteiger partial charge >= 0.3 is 0 Å². The van der Waals surface area contributed by atoms with Crippen LogP contribution in [-0.2, 0) is 14.4 Å². The summed E-state index contributed by atoms with van der Waals surface area (Å²) in [6.07, 6.45) is 4.07. The van der Waals surface area contributed by atoms with Crippen molar-refractivity contribution in [1.29, 1.82) is 0 Å². The van der Waals surface area contributed by atoms with Crippen molar-refractivity contribution in [2.75, 3.05) is 12.3 Å². The van der Waals surface area contributed by atoms with Crippen molar-refractivity contribution < 1.29 is 14.4 Å². The normalized spacial score (nSPS) is 19.8. The van der Waals surface area contributed by atoms with Gasteiger partial charge in [-0.05, 0) is 25.0 Å². The van der Waals surface area contributed by atoms with E-state index in [9.17, 15) is 14.4 Å². The van der Waals surface area contributed by atoms with Gasteiger partial charge in [0.1, 0.15) is 12.1 Å². The Bertz CT molecular complexity index is 839. The lowest BCUT2D eigenvalue weighted by Gasteiger charge is -2.47. The van der Waals surface area contributed by atoms with Gasteiger partial charge in [0, 0.05) is 0 Å². The first-order valence-corrected chi connectivity index (χ1v) is 9.79. The fourth-order valence-corrected chi connectivity index (χ4v) is 4.63. The van der Waals surface area contributed by atoms with Gasteiger partial charge < -0.3 is 9.88 Å². The van der Waals surface area contributed by atoms with E-state index in [-0.39, 0.29) is 24.1 Å². The Morgan fingerprint density at radius 3 is 2.73 bits per heavy atom. The van der Waals surface area contributed by atoms with Crippen LogP contribution >= 0.6 is 11.8 Å². The highest BCUT2D eigenvalue weighted by molar-refractivity contribution is 7.99. The molecule has 2 heterocycles. The molecule has 136 valence electrons. The lowest BCUT2D eigenvalue weighted by Crippen LogP contribution is -2.69. The van der Waals surface area contributed by atoms with Gasteiger partial charge in [-0.15, -0.1) is 0 Å². The lowest BCUT2D eigenvalue weighted by atomic mass is 9.78. The third-order valence-electron chi connectivity index (χ3n) is 5.18. The molecule has 2 N–H and O–H groups in total. The third-order valence-corrected chi connectivity index (χ3v) is 6.03. The van der Waals surface area contributed by atoms with E-state index in [0.717, 1.165) is 30.3 Å². The molecule has 1 aromatic carbocycles. The average Bonchev–Trinajstić information content (AvgIpc) is 3.07. The minimum absolute atomic E-state index is 0.0503. The van der Waals surface area contributed by atoms with E-state index in [1.54, 1.807) is 0 Å². The van der Waals surface area contributed by atoms with E-state index in [1.165, 1.54) is 16.7 Å². The van der Waals surface area contributed by atoms with Gasteiger partial charge in [-0.1, -0.05) is 43.2 Å². The SMILES string of the molecule is O=C1CN(C(=O)CSc2nc3ccccc3[nH]2)C2(CCCCC2)C(=O)N1. The smallest absolute Gasteiger partial charge is 0.252 e. The Kier molecular flexibility index (Phi) is 4.44. The summed E-state index contributed by atoms with van der Waals surface area (Å²) in [7, 11) is 0. The van der Waals surface area contributed by atoms with Gasteiger partial charge in [0.25, 0.3) is 5.91 Å². The fourth-order valence-electron chi connectivity index (χ4n) is 3.87. The van der Waals surface area contributed by atoms with E-state index in [0.29, 0.717) is 18.0 Å². The molecule has 8 heteroatoms. The van der Waals surface area contributed by atoms with Gasteiger partial charge in [-0.2, -0.15) is 0 Å². The summed E-state index contributed by atoms with van der Waals surface area (Å²) < 4.78 is 0. The van der Waals surface area contributed by atoms with Crippen molar-refractivity contribution in [2.24, 2.45) is 0 Å². The number of rotatable bonds is 3. The van der Waals surface area contributed by atoms with Crippen LogP contribution in [0.2, 0.25) is 0 Å². The summed E-state index contributed by atoms with van der Waals surface area (Å²) in [5.41, 5.74) is 0.898. The third kappa shape index (κ3) is 2.98. The highest BCUT2D eigenvalue weighted by Gasteiger charge is 2.50. The van der Waals surface area contributed by atoms with Crippen LogP contribution in [0.1, 0.15) is 32.1 Å². The molecule has 1 aliphatic carbocycles. The van der Waals surface area contributed by atoms with Gasteiger partial charge in [-0.3, -0.25) is 19.7 Å². The minimum atomic E-state index is -0.863. The number of H-pyrrole nitrogens is 1. The van der Waals surface area contributed by atoms with Crippen LogP contribution in [0.15, 0.2) is 29.4 Å². The maximum atomic E-state index is 12.9. The highest BCUT2D eigenvalue weighted by Crippen LogP contribution is 2.36. The van der Waals surface area contributed by atoms with Crippen molar-refractivity contribution in [1.82, 2.24) is 20.2 Å². The lowest BCUT2D eigenvalue weighted by molar-refractivity contribution is -0.158. The summed E-state index contributed by atoms with van der Waals surface area (Å²) in [5.74, 6) is -0.785. The topological polar surface area (TPSA) is 95.2 Å². The number of imidazole rings is 1. The van der Waals surface area contributed by atoms with Crippen molar-refractivity contribution in [3.8, 4) is 0 Å². The summed E-state index contributed by atoms with van der Waals surface area (Å²) in [4.78, 5) is 46.4. The number of carbonyl (C=O) groups excluding carboxylic acids is 3. The van der Waals surface area contributed by atoms with Crippen molar-refractivity contribution in [3.63, 3.8) is 0 Å². The second kappa shape index (κ2) is 6.75. The summed E-state index contributed by atoms with van der Waals surface area (Å²) >= 11 is 1.30. The quantitative estimate of drug-likeness (QED) is 0.633. The number of nitrogens with one attached hydrogen (secondary N) is 2. The Balaban J connectivity index is 1.51. The number of aromatic amines is 1. The second-order valence-electron chi connectivity index (χ2n) is 6.80. The number of thioether (sulfide) groups is 1. The molecule has 0 bridgehead atoms. The van der Waals surface area contributed by atoms with E-state index >= 15 is 0 Å². The number of para-hydroxylation sites is 2. The van der Waals surface area contributed by atoms with Crippen LogP contribution in [0.3, 0.4) is 0 Å². The molecular weight excluding hydrogens is 352 g/mol. The van der Waals surface area contributed by atoms with Crippen LogP contribution in [-0.4, -0.2) is 50.4 Å². The first-order valence-electron chi connectivity index (χ1n) is 8.81. The molecule has 1 aromatic heterocycles. The van der Waals surface area contributed by atoms with Crippen molar-refractivity contribution in [2.45, 2.75) is 42.8 Å². The molecule has 0 unspecified atom stereocenters. The molecule has 1 spiro atoms. The number of nitrogens with zero attached hydrogens (tertiary/aromatic N) is 2. The maximum absolute atomic E-state index is 12.9. The van der Waals surface area contributed by atoms with E-state index < -0.39 is 11.4 Å². The van der Waals surface area contributed by atoms with Crippen LogP contribution in [0.4, 0.5) is 0 Å². The first kappa shape index (κ1) is 17.1. The Labute approximate surface area is 154 Å². The molecule has 1 saturated carbocycles. The standard InChI is InChI=1S/C18H20N4O3S/c23-14-10-22(18(16(25)21-14)8-4-1-5-9-18)15(24)11-26-17-19-12-6-2-3-7-13(12)20-17/h2-3,6-7H,1,4-5,8-11H2,(H,19,20)(H,21,23,25). The monoisotopic (exact) mass is 372 g/mol. The number of fused-ring (bicyclic) bond motifs is 1. The zero-order chi connectivity index (χ0) is 18.1. The molecule has 1 saturated heterocycles. The highest BCUT2D eigenvalue weighted by atomic mass is 32.2. The zero-order valence-corrected chi connectivity index (χ0v) is 15.1. The molecule has 26 heavy (non-hydrogen) atoms. The first-order chi connectivity index (χ1) is 12.6.